The molecule has 6 nitrogen and oxygen atoms in total. The Morgan fingerprint density at radius 2 is 0.833 bits per heavy atom. The molecule has 2 aliphatic rings. The third kappa shape index (κ3) is 50.2. The van der Waals surface area contributed by atoms with E-state index in [1.165, 1.54) is 77.0 Å². The number of carboxylic acids is 1. The Kier molecular flexibility index (Phi) is 40.9. The number of carbonyl (C=O) groups excluding carboxylic acids is 2. The van der Waals surface area contributed by atoms with E-state index < -0.39 is 5.97 Å². The van der Waals surface area contributed by atoms with Crippen molar-refractivity contribution in [3.05, 3.63) is 12.7 Å². The van der Waals surface area contributed by atoms with Crippen LogP contribution in [0.25, 0.3) is 0 Å². The minimum absolute atomic E-state index is 0. The zero-order valence-electron chi connectivity index (χ0n) is 13.9. The van der Waals surface area contributed by atoms with Gasteiger partial charge in [0.1, 0.15) is 0 Å². The van der Waals surface area contributed by atoms with E-state index in [9.17, 15) is 4.79 Å². The second-order valence-corrected chi connectivity index (χ2v) is 4.99. The van der Waals surface area contributed by atoms with E-state index in [4.69, 9.17) is 25.5 Å². The van der Waals surface area contributed by atoms with Crippen LogP contribution < -0.4 is 0 Å². The van der Waals surface area contributed by atoms with Gasteiger partial charge in [-0.25, -0.2) is 25.2 Å². The average Bonchev–Trinajstić information content (AvgIpc) is 2.60. The van der Waals surface area contributed by atoms with Gasteiger partial charge in [0.05, 0.1) is 0 Å². The van der Waals surface area contributed by atoms with E-state index in [0.717, 1.165) is 18.2 Å². The molecular weight excluding hydrogens is 308 g/mol. The molecule has 0 unspecified atom stereocenters. The first-order chi connectivity index (χ1) is 11.1. The molecule has 140 valence electrons. The molecule has 2 fully saturated rings. The Hall–Kier alpha value is -2.03. The molecule has 0 aliphatic heterocycles. The van der Waals surface area contributed by atoms with Crippen molar-refractivity contribution in [2.24, 2.45) is 0 Å². The third-order valence-electron chi connectivity index (χ3n) is 3.17. The number of rotatable bonds is 1. The molecule has 2 saturated carbocycles. The van der Waals surface area contributed by atoms with Gasteiger partial charge in [0.15, 0.2) is 0 Å². The first-order valence-corrected chi connectivity index (χ1v) is 8.03. The smallest absolute Gasteiger partial charge is 0.327 e. The van der Waals surface area contributed by atoms with Crippen molar-refractivity contribution >= 4 is 18.1 Å². The van der Waals surface area contributed by atoms with Crippen LogP contribution in [0.3, 0.4) is 0 Å². The van der Waals surface area contributed by atoms with Crippen LogP contribution in [0.1, 0.15) is 84.5 Å². The fraction of sp³-hybridized carbons (Fsp3) is 0.722. The molecule has 0 heterocycles. The molecule has 24 heavy (non-hydrogen) atoms. The molecule has 0 aromatic rings. The van der Waals surface area contributed by atoms with Crippen LogP contribution in [-0.4, -0.2) is 23.2 Å². The Balaban J connectivity index is -0.000000107. The monoisotopic (exact) mass is 342 g/mol. The predicted molar refractivity (Wildman–Crippen MR) is 96.8 cm³/mol. The Morgan fingerprint density at radius 3 is 0.875 bits per heavy atom. The second-order valence-electron chi connectivity index (χ2n) is 4.99. The number of isocyanates is 2. The maximum atomic E-state index is 9.25. The van der Waals surface area contributed by atoms with E-state index in [0.29, 0.717) is 0 Å². The zero-order chi connectivity index (χ0) is 18.2. The van der Waals surface area contributed by atoms with Crippen LogP contribution in [0, 0.1) is 10.8 Å². The third-order valence-corrected chi connectivity index (χ3v) is 3.17. The maximum absolute atomic E-state index is 9.25. The molecule has 3 N–H and O–H groups in total. The number of carbonyl (C=O) groups is 1. The molecule has 0 spiro atoms. The number of carboxylic acid groups (broad SMARTS) is 1. The number of aliphatic carboxylic acids is 1. The fourth-order valence-corrected chi connectivity index (χ4v) is 2.12. The minimum Gasteiger partial charge on any atom is -0.478 e. The van der Waals surface area contributed by atoms with Crippen LogP contribution in [0.4, 0.5) is 0 Å². The first kappa shape index (κ1) is 29.9. The lowest BCUT2D eigenvalue weighted by Crippen LogP contribution is -1.85. The van der Waals surface area contributed by atoms with E-state index in [2.05, 4.69) is 6.58 Å². The van der Waals surface area contributed by atoms with Crippen molar-refractivity contribution in [1.82, 2.24) is 0 Å². The summed E-state index contributed by atoms with van der Waals surface area (Å²) in [6, 6.07) is 0. The lowest BCUT2D eigenvalue weighted by atomic mass is 10.0. The quantitative estimate of drug-likeness (QED) is 0.337. The van der Waals surface area contributed by atoms with Crippen LogP contribution in [-0.2, 0) is 14.4 Å². The first-order valence-electron chi connectivity index (χ1n) is 8.03. The number of nitrogens with one attached hydrogen (secondary N) is 2. The van der Waals surface area contributed by atoms with Gasteiger partial charge in [-0.1, -0.05) is 91.1 Å². The van der Waals surface area contributed by atoms with Gasteiger partial charge >= 0.3 is 5.97 Å². The van der Waals surface area contributed by atoms with Gasteiger partial charge in [0, 0.05) is 6.08 Å². The molecule has 2 rings (SSSR count). The second kappa shape index (κ2) is 32.8. The summed E-state index contributed by atoms with van der Waals surface area (Å²) in [6.45, 7) is 2.96. The van der Waals surface area contributed by atoms with Crippen molar-refractivity contribution in [3.63, 3.8) is 0 Å². The molecule has 0 atom stereocenters. The highest BCUT2D eigenvalue weighted by molar-refractivity contribution is 5.78. The van der Waals surface area contributed by atoms with Crippen molar-refractivity contribution < 1.29 is 19.5 Å². The Morgan fingerprint density at radius 1 is 0.750 bits per heavy atom. The average molecular weight is 342 g/mol. The highest BCUT2D eigenvalue weighted by atomic mass is 16.4. The molecule has 0 bridgehead atoms. The van der Waals surface area contributed by atoms with Crippen molar-refractivity contribution in [1.29, 1.82) is 10.8 Å². The molecule has 0 saturated heterocycles. The van der Waals surface area contributed by atoms with Gasteiger partial charge in [0.25, 0.3) is 0 Å². The summed E-state index contributed by atoms with van der Waals surface area (Å²) in [5.41, 5.74) is 0. The van der Waals surface area contributed by atoms with Crippen molar-refractivity contribution in [2.75, 3.05) is 0 Å². The summed E-state index contributed by atoms with van der Waals surface area (Å²) in [6.07, 6.45) is 20.3. The van der Waals surface area contributed by atoms with Gasteiger partial charge in [-0.05, 0) is 0 Å². The lowest BCUT2D eigenvalue weighted by molar-refractivity contribution is -0.131. The molecule has 6 heteroatoms. The normalized spacial score (nSPS) is 14.0. The highest BCUT2D eigenvalue weighted by Gasteiger charge is 1.96. The number of hydrogen-bond donors (Lipinski definition) is 3. The Bertz CT molecular complexity index is 277. The van der Waals surface area contributed by atoms with Crippen LogP contribution in [0.2, 0.25) is 0 Å². The lowest BCUT2D eigenvalue weighted by Gasteiger charge is -2.05. The van der Waals surface area contributed by atoms with Gasteiger partial charge in [-0.3, -0.25) is 0 Å². The number of hydrogen-bond acceptors (Lipinski definition) is 5. The summed E-state index contributed by atoms with van der Waals surface area (Å²) in [5, 5.41) is 18.4. The summed E-state index contributed by atoms with van der Waals surface area (Å²) in [5.74, 6) is -0.981. The van der Waals surface area contributed by atoms with Gasteiger partial charge < -0.3 is 5.11 Å². The zero-order valence-corrected chi connectivity index (χ0v) is 13.9. The van der Waals surface area contributed by atoms with Gasteiger partial charge in [-0.15, -0.1) is 0 Å². The predicted octanol–water partition coefficient (Wildman–Crippen LogP) is 5.38. The summed E-state index contributed by atoms with van der Waals surface area (Å²) in [4.78, 5) is 25.9. The van der Waals surface area contributed by atoms with Gasteiger partial charge in [-0.2, -0.15) is 0 Å². The molecule has 2 aliphatic carbocycles. The van der Waals surface area contributed by atoms with Gasteiger partial charge in [0.2, 0.25) is 12.2 Å². The molecule has 0 aromatic carbocycles. The standard InChI is InChI=1S/2C6H12.C3H4O2.2CHNO.CH4/c2*1-2-4-6-5-3-1;1-2-3(4)5;2*2-1-3;/h2*1-6H2;2H,1H2,(H,4,5);2*2H;1H4. The largest absolute Gasteiger partial charge is 0.478 e. The van der Waals surface area contributed by atoms with Crippen molar-refractivity contribution in [3.8, 4) is 0 Å². The van der Waals surface area contributed by atoms with E-state index >= 15 is 0 Å². The van der Waals surface area contributed by atoms with Crippen LogP contribution in [0.5, 0.6) is 0 Å². The topological polar surface area (TPSA) is 119 Å². The summed E-state index contributed by atoms with van der Waals surface area (Å²) in [7, 11) is 0. The van der Waals surface area contributed by atoms with Crippen LogP contribution >= 0.6 is 0 Å². The van der Waals surface area contributed by atoms with E-state index in [1.54, 1.807) is 0 Å². The Labute approximate surface area is 146 Å². The molecule has 0 aromatic heterocycles. The van der Waals surface area contributed by atoms with E-state index in [1.807, 2.05) is 0 Å². The SMILES string of the molecule is C.C1CCCCC1.C1CCCCC1.C=CC(=O)O.N=C=O.N=C=O. The summed E-state index contributed by atoms with van der Waals surface area (Å²) >= 11 is 0. The molecule has 0 amide bonds. The maximum Gasteiger partial charge on any atom is 0.327 e. The van der Waals surface area contributed by atoms with Crippen molar-refractivity contribution in [2.45, 2.75) is 84.5 Å². The molecule has 0 radical (unpaired) electrons. The summed E-state index contributed by atoms with van der Waals surface area (Å²) < 4.78 is 0. The minimum atomic E-state index is -0.981. The van der Waals surface area contributed by atoms with Crippen LogP contribution in [0.15, 0.2) is 12.7 Å². The fourth-order valence-electron chi connectivity index (χ4n) is 2.12. The molecular formula is C18H34N2O4. The highest BCUT2D eigenvalue weighted by Crippen LogP contribution is 2.15. The van der Waals surface area contributed by atoms with E-state index in [-0.39, 0.29) is 7.43 Å².